The number of H-pyrrole nitrogens is 1. The summed E-state index contributed by atoms with van der Waals surface area (Å²) in [5.41, 5.74) is 0.959. The second-order valence-electron chi connectivity index (χ2n) is 4.09. The van der Waals surface area contributed by atoms with Crippen LogP contribution in [0, 0.1) is 0 Å². The van der Waals surface area contributed by atoms with Gasteiger partial charge in [0.25, 0.3) is 5.82 Å². The molecule has 0 amide bonds. The fourth-order valence-corrected chi connectivity index (χ4v) is 2.24. The summed E-state index contributed by atoms with van der Waals surface area (Å²) in [5.74, 6) is 0.986. The lowest BCUT2D eigenvalue weighted by Crippen LogP contribution is -2.33. The number of benzene rings is 1. The van der Waals surface area contributed by atoms with Crippen LogP contribution in [-0.4, -0.2) is 18.2 Å². The molecule has 1 heterocycles. The number of anilines is 2. The summed E-state index contributed by atoms with van der Waals surface area (Å²) < 4.78 is 1.02. The van der Waals surface area contributed by atoms with Gasteiger partial charge in [-0.2, -0.15) is 0 Å². The molecule has 0 atom stereocenters. The maximum atomic E-state index is 5.24. The Kier molecular flexibility index (Phi) is 5.76. The summed E-state index contributed by atoms with van der Waals surface area (Å²) in [7, 11) is 0. The minimum Gasteiger partial charge on any atom is -0.359 e. The lowest BCUT2D eigenvalue weighted by Gasteiger charge is -2.09. The van der Waals surface area contributed by atoms with E-state index < -0.39 is 0 Å². The highest BCUT2D eigenvalue weighted by atomic mass is 79.9. The fraction of sp³-hybridized carbons (Fsp3) is 0.143. The van der Waals surface area contributed by atoms with E-state index in [1.165, 1.54) is 0 Å². The van der Waals surface area contributed by atoms with Gasteiger partial charge in [-0.1, -0.05) is 28.1 Å². The van der Waals surface area contributed by atoms with E-state index in [9.17, 15) is 0 Å². The Hall–Kier alpha value is -1.66. The number of hydrogen-bond donors (Lipinski definition) is 3. The normalized spacial score (nSPS) is 9.85. The summed E-state index contributed by atoms with van der Waals surface area (Å²) in [5, 5.41) is 10.2. The van der Waals surface area contributed by atoms with Crippen LogP contribution in [0.4, 0.5) is 11.5 Å². The topological polar surface area (TPSA) is 50.2 Å². The molecule has 6 heteroatoms. The van der Waals surface area contributed by atoms with E-state index in [2.05, 4.69) is 36.9 Å². The van der Waals surface area contributed by atoms with Gasteiger partial charge in [0.2, 0.25) is 0 Å². The molecule has 0 saturated carbocycles. The first kappa shape index (κ1) is 14.7. The molecule has 0 aliphatic heterocycles. The average molecular weight is 352 g/mol. The van der Waals surface area contributed by atoms with Crippen LogP contribution in [0.1, 0.15) is 0 Å². The third-order valence-electron chi connectivity index (χ3n) is 2.52. The van der Waals surface area contributed by atoms with Gasteiger partial charge in [0.15, 0.2) is 5.11 Å². The second-order valence-corrected chi connectivity index (χ2v) is 5.42. The summed E-state index contributed by atoms with van der Waals surface area (Å²) in [6.45, 7) is 1.52. The standard InChI is InChI=1S/C14H15BrN4S/c15-11-4-3-5-12(10-11)19-14(20)18-9-8-17-13-6-1-2-7-16-13/h1-7,10H,8-9H2,(H,16,17)(H2,18,19,20)/p+1. The van der Waals surface area contributed by atoms with E-state index in [1.807, 2.05) is 48.7 Å². The lowest BCUT2D eigenvalue weighted by molar-refractivity contribution is -0.361. The summed E-state index contributed by atoms with van der Waals surface area (Å²) in [4.78, 5) is 3.11. The molecule has 4 nitrogen and oxygen atoms in total. The summed E-state index contributed by atoms with van der Waals surface area (Å²) in [6, 6.07) is 13.8. The molecule has 1 aromatic carbocycles. The SMILES string of the molecule is S=C(NCCNc1cccc[nH+]1)Nc1cccc(Br)c1. The molecule has 2 aromatic rings. The third kappa shape index (κ3) is 5.14. The zero-order valence-electron chi connectivity index (χ0n) is 10.8. The molecule has 0 aliphatic carbocycles. The molecule has 0 bridgehead atoms. The van der Waals surface area contributed by atoms with Crippen molar-refractivity contribution in [3.05, 3.63) is 53.1 Å². The smallest absolute Gasteiger partial charge is 0.272 e. The van der Waals surface area contributed by atoms with Crippen LogP contribution in [0.5, 0.6) is 0 Å². The van der Waals surface area contributed by atoms with Crippen LogP contribution < -0.4 is 20.9 Å². The molecule has 0 saturated heterocycles. The Balaban J connectivity index is 1.68. The Labute approximate surface area is 132 Å². The molecular formula is C14H16BrN4S+. The molecule has 0 spiro atoms. The van der Waals surface area contributed by atoms with Gasteiger partial charge in [-0.3, -0.25) is 5.32 Å². The second kappa shape index (κ2) is 7.81. The quantitative estimate of drug-likeness (QED) is 0.572. The van der Waals surface area contributed by atoms with Crippen LogP contribution >= 0.6 is 28.1 Å². The molecule has 4 N–H and O–H groups in total. The van der Waals surface area contributed by atoms with Crippen molar-refractivity contribution < 1.29 is 4.98 Å². The molecule has 1 aromatic heterocycles. The molecule has 0 aliphatic rings. The molecule has 0 fully saturated rings. The highest BCUT2D eigenvalue weighted by Crippen LogP contribution is 2.15. The van der Waals surface area contributed by atoms with Gasteiger partial charge in [0.1, 0.15) is 6.54 Å². The van der Waals surface area contributed by atoms with E-state index in [4.69, 9.17) is 12.2 Å². The number of hydrogen-bond acceptors (Lipinski definition) is 2. The van der Waals surface area contributed by atoms with Crippen LogP contribution in [0.2, 0.25) is 0 Å². The van der Waals surface area contributed by atoms with Crippen molar-refractivity contribution in [2.24, 2.45) is 0 Å². The minimum absolute atomic E-state index is 0.613. The highest BCUT2D eigenvalue weighted by molar-refractivity contribution is 9.10. The van der Waals surface area contributed by atoms with Gasteiger partial charge in [0, 0.05) is 16.2 Å². The van der Waals surface area contributed by atoms with Gasteiger partial charge >= 0.3 is 0 Å². The summed E-state index contributed by atoms with van der Waals surface area (Å²) >= 11 is 8.66. The molecule has 0 radical (unpaired) electrons. The molecule has 104 valence electrons. The Morgan fingerprint density at radius 1 is 1.15 bits per heavy atom. The van der Waals surface area contributed by atoms with Crippen molar-refractivity contribution in [1.82, 2.24) is 5.32 Å². The van der Waals surface area contributed by atoms with Gasteiger partial charge in [-0.05, 0) is 36.5 Å². The fourth-order valence-electron chi connectivity index (χ4n) is 1.62. The minimum atomic E-state index is 0.613. The van der Waals surface area contributed by atoms with Crippen molar-refractivity contribution in [2.75, 3.05) is 23.7 Å². The van der Waals surface area contributed by atoms with Gasteiger partial charge in [-0.15, -0.1) is 0 Å². The van der Waals surface area contributed by atoms with E-state index >= 15 is 0 Å². The number of aromatic amines is 1. The molecular weight excluding hydrogens is 336 g/mol. The van der Waals surface area contributed by atoms with Crippen molar-refractivity contribution >= 4 is 44.8 Å². The number of aromatic nitrogens is 1. The van der Waals surface area contributed by atoms with E-state index in [1.54, 1.807) is 0 Å². The van der Waals surface area contributed by atoms with Crippen LogP contribution in [0.3, 0.4) is 0 Å². The largest absolute Gasteiger partial charge is 0.359 e. The van der Waals surface area contributed by atoms with E-state index in [0.717, 1.165) is 29.1 Å². The first-order valence-electron chi connectivity index (χ1n) is 6.25. The van der Waals surface area contributed by atoms with Crippen LogP contribution in [-0.2, 0) is 0 Å². The Morgan fingerprint density at radius 3 is 2.80 bits per heavy atom. The number of thiocarbonyl (C=S) groups is 1. The Bertz CT molecular complexity index is 562. The van der Waals surface area contributed by atoms with Crippen LogP contribution in [0.15, 0.2) is 53.1 Å². The van der Waals surface area contributed by atoms with Crippen molar-refractivity contribution in [2.45, 2.75) is 0 Å². The highest BCUT2D eigenvalue weighted by Gasteiger charge is 2.00. The number of nitrogens with one attached hydrogen (secondary N) is 4. The monoisotopic (exact) mass is 351 g/mol. The first-order valence-corrected chi connectivity index (χ1v) is 7.45. The van der Waals surface area contributed by atoms with E-state index in [0.29, 0.717) is 5.11 Å². The zero-order chi connectivity index (χ0) is 14.2. The molecule has 2 rings (SSSR count). The zero-order valence-corrected chi connectivity index (χ0v) is 13.2. The maximum Gasteiger partial charge on any atom is 0.272 e. The van der Waals surface area contributed by atoms with Crippen molar-refractivity contribution in [3.8, 4) is 0 Å². The molecule has 20 heavy (non-hydrogen) atoms. The van der Waals surface area contributed by atoms with Gasteiger partial charge < -0.3 is 10.6 Å². The van der Waals surface area contributed by atoms with Crippen LogP contribution in [0.25, 0.3) is 0 Å². The average Bonchev–Trinajstić information content (AvgIpc) is 2.45. The first-order chi connectivity index (χ1) is 9.74. The number of pyridine rings is 1. The lowest BCUT2D eigenvalue weighted by atomic mass is 10.3. The predicted molar refractivity (Wildman–Crippen MR) is 89.9 cm³/mol. The van der Waals surface area contributed by atoms with Crippen molar-refractivity contribution in [3.63, 3.8) is 0 Å². The number of halogens is 1. The maximum absolute atomic E-state index is 5.24. The third-order valence-corrected chi connectivity index (χ3v) is 3.26. The van der Waals surface area contributed by atoms with E-state index in [-0.39, 0.29) is 0 Å². The number of rotatable bonds is 5. The molecule has 0 unspecified atom stereocenters. The summed E-state index contributed by atoms with van der Waals surface area (Å²) in [6.07, 6.45) is 1.88. The van der Waals surface area contributed by atoms with Gasteiger partial charge in [-0.25, -0.2) is 4.98 Å². The van der Waals surface area contributed by atoms with Gasteiger partial charge in [0.05, 0.1) is 12.7 Å². The predicted octanol–water partition coefficient (Wildman–Crippen LogP) is 2.66. The Morgan fingerprint density at radius 2 is 2.05 bits per heavy atom. The van der Waals surface area contributed by atoms with Crippen molar-refractivity contribution in [1.29, 1.82) is 0 Å².